The molecule has 1 saturated heterocycles. The SMILES string of the molecule is O=C(NCCCO)c1ccc(C2CCCN2C(=O)CCn2cncn2)s1. The Bertz CT molecular complexity index is 731. The Kier molecular flexibility index (Phi) is 6.35. The van der Waals surface area contributed by atoms with E-state index in [2.05, 4.69) is 15.4 Å². The van der Waals surface area contributed by atoms with Crippen LogP contribution in [0.5, 0.6) is 0 Å². The molecule has 2 N–H and O–H groups in total. The first kappa shape index (κ1) is 18.5. The van der Waals surface area contributed by atoms with Crippen molar-refractivity contribution in [1.82, 2.24) is 25.0 Å². The summed E-state index contributed by atoms with van der Waals surface area (Å²) in [6.45, 7) is 1.78. The molecule has 26 heavy (non-hydrogen) atoms. The van der Waals surface area contributed by atoms with Gasteiger partial charge in [0.25, 0.3) is 5.91 Å². The fraction of sp³-hybridized carbons (Fsp3) is 0.529. The van der Waals surface area contributed by atoms with Gasteiger partial charge in [-0.05, 0) is 31.4 Å². The van der Waals surface area contributed by atoms with Crippen molar-refractivity contribution in [1.29, 1.82) is 0 Å². The molecular formula is C17H23N5O3S. The van der Waals surface area contributed by atoms with E-state index in [1.807, 2.05) is 17.0 Å². The van der Waals surface area contributed by atoms with Gasteiger partial charge in [-0.1, -0.05) is 0 Å². The maximum Gasteiger partial charge on any atom is 0.261 e. The number of nitrogens with one attached hydrogen (secondary N) is 1. The third-order valence-corrected chi connectivity index (χ3v) is 5.58. The maximum absolute atomic E-state index is 12.6. The Morgan fingerprint density at radius 3 is 3.04 bits per heavy atom. The molecule has 3 heterocycles. The third kappa shape index (κ3) is 4.47. The monoisotopic (exact) mass is 377 g/mol. The van der Waals surface area contributed by atoms with E-state index < -0.39 is 0 Å². The number of aryl methyl sites for hydroxylation is 1. The molecule has 2 aromatic heterocycles. The second-order valence-electron chi connectivity index (χ2n) is 6.19. The zero-order valence-corrected chi connectivity index (χ0v) is 15.3. The highest BCUT2D eigenvalue weighted by Crippen LogP contribution is 2.36. The Morgan fingerprint density at radius 2 is 2.27 bits per heavy atom. The topological polar surface area (TPSA) is 100 Å². The van der Waals surface area contributed by atoms with Gasteiger partial charge in [0, 0.05) is 31.0 Å². The lowest BCUT2D eigenvalue weighted by Gasteiger charge is -2.24. The van der Waals surface area contributed by atoms with Crippen molar-refractivity contribution >= 4 is 23.2 Å². The van der Waals surface area contributed by atoms with E-state index in [1.165, 1.54) is 17.7 Å². The number of hydrogen-bond acceptors (Lipinski definition) is 6. The molecule has 8 nitrogen and oxygen atoms in total. The summed E-state index contributed by atoms with van der Waals surface area (Å²) in [7, 11) is 0. The molecule has 1 unspecified atom stereocenters. The van der Waals surface area contributed by atoms with Crippen LogP contribution in [-0.2, 0) is 11.3 Å². The largest absolute Gasteiger partial charge is 0.396 e. The predicted molar refractivity (Wildman–Crippen MR) is 96.7 cm³/mol. The molecule has 1 aliphatic heterocycles. The Labute approximate surface area is 155 Å². The number of aromatic nitrogens is 3. The predicted octanol–water partition coefficient (Wildman–Crippen LogP) is 1.21. The Morgan fingerprint density at radius 1 is 1.38 bits per heavy atom. The van der Waals surface area contributed by atoms with Crippen molar-refractivity contribution in [2.45, 2.75) is 38.3 Å². The van der Waals surface area contributed by atoms with Crippen molar-refractivity contribution in [3.8, 4) is 0 Å². The summed E-state index contributed by atoms with van der Waals surface area (Å²) in [4.78, 5) is 32.2. The lowest BCUT2D eigenvalue weighted by Crippen LogP contribution is -2.30. The molecule has 0 spiro atoms. The second-order valence-corrected chi connectivity index (χ2v) is 7.30. The number of thiophene rings is 1. The van der Waals surface area contributed by atoms with Crippen LogP contribution < -0.4 is 5.32 Å². The minimum Gasteiger partial charge on any atom is -0.396 e. The van der Waals surface area contributed by atoms with E-state index >= 15 is 0 Å². The lowest BCUT2D eigenvalue weighted by molar-refractivity contribution is -0.132. The average Bonchev–Trinajstić information content (AvgIpc) is 3.40. The number of likely N-dealkylation sites (tertiary alicyclic amines) is 1. The lowest BCUT2D eigenvalue weighted by atomic mass is 10.2. The van der Waals surface area contributed by atoms with Gasteiger partial charge in [0.05, 0.1) is 17.5 Å². The molecule has 3 rings (SSSR count). The highest BCUT2D eigenvalue weighted by molar-refractivity contribution is 7.14. The number of amides is 2. The van der Waals surface area contributed by atoms with Crippen LogP contribution in [0.4, 0.5) is 0 Å². The number of nitrogens with zero attached hydrogens (tertiary/aromatic N) is 4. The Hall–Kier alpha value is -2.26. The van der Waals surface area contributed by atoms with Gasteiger partial charge in [0.15, 0.2) is 0 Å². The van der Waals surface area contributed by atoms with E-state index in [4.69, 9.17) is 5.11 Å². The normalized spacial score (nSPS) is 16.8. The van der Waals surface area contributed by atoms with Crippen LogP contribution in [0.1, 0.15) is 46.3 Å². The number of aliphatic hydroxyl groups is 1. The number of rotatable bonds is 8. The summed E-state index contributed by atoms with van der Waals surface area (Å²) in [5, 5.41) is 15.6. The molecule has 0 aromatic carbocycles. The van der Waals surface area contributed by atoms with Crippen LogP contribution in [0.2, 0.25) is 0 Å². The fourth-order valence-electron chi connectivity index (χ4n) is 3.09. The molecule has 2 amide bonds. The van der Waals surface area contributed by atoms with E-state index in [0.29, 0.717) is 30.8 Å². The van der Waals surface area contributed by atoms with Gasteiger partial charge in [-0.3, -0.25) is 14.3 Å². The van der Waals surface area contributed by atoms with Gasteiger partial charge < -0.3 is 15.3 Å². The molecule has 140 valence electrons. The van der Waals surface area contributed by atoms with E-state index in [-0.39, 0.29) is 24.5 Å². The summed E-state index contributed by atoms with van der Waals surface area (Å²) < 4.78 is 1.66. The van der Waals surface area contributed by atoms with Crippen LogP contribution in [0.15, 0.2) is 24.8 Å². The molecule has 0 saturated carbocycles. The molecule has 1 atom stereocenters. The highest BCUT2D eigenvalue weighted by atomic mass is 32.1. The first-order valence-electron chi connectivity index (χ1n) is 8.79. The number of carbonyl (C=O) groups is 2. The smallest absolute Gasteiger partial charge is 0.261 e. The minimum absolute atomic E-state index is 0.0437. The van der Waals surface area contributed by atoms with Gasteiger partial charge in [0.1, 0.15) is 12.7 Å². The number of carbonyl (C=O) groups excluding carboxylic acids is 2. The van der Waals surface area contributed by atoms with Gasteiger partial charge in [-0.2, -0.15) is 5.10 Å². The van der Waals surface area contributed by atoms with Crippen molar-refractivity contribution < 1.29 is 14.7 Å². The quantitative estimate of drug-likeness (QED) is 0.674. The average molecular weight is 377 g/mol. The number of aliphatic hydroxyl groups excluding tert-OH is 1. The molecule has 9 heteroatoms. The van der Waals surface area contributed by atoms with Crippen molar-refractivity contribution in [2.75, 3.05) is 19.7 Å². The van der Waals surface area contributed by atoms with Crippen LogP contribution >= 0.6 is 11.3 Å². The van der Waals surface area contributed by atoms with Crippen molar-refractivity contribution in [2.24, 2.45) is 0 Å². The van der Waals surface area contributed by atoms with Gasteiger partial charge in [0.2, 0.25) is 5.91 Å². The molecule has 0 bridgehead atoms. The molecule has 1 aliphatic rings. The van der Waals surface area contributed by atoms with Gasteiger partial charge >= 0.3 is 0 Å². The first-order valence-corrected chi connectivity index (χ1v) is 9.61. The van der Waals surface area contributed by atoms with Crippen LogP contribution in [0, 0.1) is 0 Å². The molecular weight excluding hydrogens is 354 g/mol. The minimum atomic E-state index is -0.128. The Balaban J connectivity index is 1.59. The van der Waals surface area contributed by atoms with E-state index in [1.54, 1.807) is 11.0 Å². The molecule has 2 aromatic rings. The van der Waals surface area contributed by atoms with E-state index in [0.717, 1.165) is 24.3 Å². The van der Waals surface area contributed by atoms with E-state index in [9.17, 15) is 9.59 Å². The summed E-state index contributed by atoms with van der Waals surface area (Å²) in [6, 6.07) is 3.80. The summed E-state index contributed by atoms with van der Waals surface area (Å²) >= 11 is 1.44. The summed E-state index contributed by atoms with van der Waals surface area (Å²) in [6.07, 6.45) is 5.88. The standard InChI is InChI=1S/C17H23N5O3S/c23-10-2-7-19-17(25)15-5-4-14(26-15)13-3-1-8-22(13)16(24)6-9-21-12-18-11-20-21/h4-5,11-13,23H,1-3,6-10H2,(H,19,25). The van der Waals surface area contributed by atoms with Crippen LogP contribution in [0.3, 0.4) is 0 Å². The van der Waals surface area contributed by atoms with Gasteiger partial charge in [-0.25, -0.2) is 4.98 Å². The molecule has 0 aliphatic carbocycles. The molecule has 1 fully saturated rings. The van der Waals surface area contributed by atoms with Crippen LogP contribution in [-0.4, -0.2) is 56.3 Å². The summed E-state index contributed by atoms with van der Waals surface area (Å²) in [5.41, 5.74) is 0. The maximum atomic E-state index is 12.6. The van der Waals surface area contributed by atoms with Crippen molar-refractivity contribution in [3.63, 3.8) is 0 Å². The highest BCUT2D eigenvalue weighted by Gasteiger charge is 2.31. The summed E-state index contributed by atoms with van der Waals surface area (Å²) in [5.74, 6) is -0.0258. The third-order valence-electron chi connectivity index (χ3n) is 4.39. The first-order chi connectivity index (χ1) is 12.7. The fourth-order valence-corrected chi connectivity index (χ4v) is 4.16. The van der Waals surface area contributed by atoms with Crippen LogP contribution in [0.25, 0.3) is 0 Å². The van der Waals surface area contributed by atoms with Crippen molar-refractivity contribution in [3.05, 3.63) is 34.5 Å². The zero-order chi connectivity index (χ0) is 18.4. The molecule has 0 radical (unpaired) electrons. The zero-order valence-electron chi connectivity index (χ0n) is 14.5. The van der Waals surface area contributed by atoms with Gasteiger partial charge in [-0.15, -0.1) is 11.3 Å². The second kappa shape index (κ2) is 8.91. The number of hydrogen-bond donors (Lipinski definition) is 2.